The number of hydrogen-bond donors (Lipinski definition) is 1. The molecule has 1 amide bonds. The average molecular weight is 292 g/mol. The van der Waals surface area contributed by atoms with Crippen LogP contribution in [0.25, 0.3) is 0 Å². The molecular weight excluding hydrogens is 267 g/mol. The summed E-state index contributed by atoms with van der Waals surface area (Å²) in [5.74, 6) is -0.223. The molecular formula is C17H25FN2O. The molecule has 0 bridgehead atoms. The maximum atomic E-state index is 13.8. The Hall–Kier alpha value is -1.42. The number of rotatable bonds is 5. The van der Waals surface area contributed by atoms with E-state index in [-0.39, 0.29) is 29.2 Å². The zero-order chi connectivity index (χ0) is 15.6. The standard InChI is InChI=1S/C17H25FN2O/c1-17(2,3)15(19)10-16(21)20(13-8-9-13)11-12-6-4-5-7-14(12)18/h4-7,13,15H,8-11,19H2,1-3H3. The van der Waals surface area contributed by atoms with Gasteiger partial charge in [-0.3, -0.25) is 4.79 Å². The highest BCUT2D eigenvalue weighted by Gasteiger charge is 2.34. The molecule has 2 N–H and O–H groups in total. The van der Waals surface area contributed by atoms with Crippen molar-refractivity contribution < 1.29 is 9.18 Å². The number of nitrogens with zero attached hydrogens (tertiary/aromatic N) is 1. The Bertz CT molecular complexity index is 506. The van der Waals surface area contributed by atoms with Crippen LogP contribution >= 0.6 is 0 Å². The Morgan fingerprint density at radius 2 is 2.00 bits per heavy atom. The first kappa shape index (κ1) is 16.0. The summed E-state index contributed by atoms with van der Waals surface area (Å²) in [5.41, 5.74) is 6.57. The van der Waals surface area contributed by atoms with Gasteiger partial charge in [0.15, 0.2) is 0 Å². The van der Waals surface area contributed by atoms with Crippen molar-refractivity contribution in [3.05, 3.63) is 35.6 Å². The lowest BCUT2D eigenvalue weighted by Gasteiger charge is -2.30. The fourth-order valence-electron chi connectivity index (χ4n) is 2.23. The summed E-state index contributed by atoms with van der Waals surface area (Å²) in [6.45, 7) is 6.43. The van der Waals surface area contributed by atoms with Crippen molar-refractivity contribution in [3.63, 3.8) is 0 Å². The van der Waals surface area contributed by atoms with Crippen LogP contribution in [0.4, 0.5) is 4.39 Å². The minimum absolute atomic E-state index is 0.0307. The Morgan fingerprint density at radius 1 is 1.38 bits per heavy atom. The fourth-order valence-corrected chi connectivity index (χ4v) is 2.23. The lowest BCUT2D eigenvalue weighted by molar-refractivity contribution is -0.133. The summed E-state index contributed by atoms with van der Waals surface area (Å²) in [5, 5.41) is 0. The van der Waals surface area contributed by atoms with Crippen LogP contribution < -0.4 is 5.73 Å². The molecule has 1 aliphatic carbocycles. The van der Waals surface area contributed by atoms with Gasteiger partial charge in [0, 0.05) is 30.6 Å². The Balaban J connectivity index is 2.06. The molecule has 0 aromatic heterocycles. The molecule has 1 aliphatic rings. The van der Waals surface area contributed by atoms with Gasteiger partial charge in [-0.15, -0.1) is 0 Å². The topological polar surface area (TPSA) is 46.3 Å². The van der Waals surface area contributed by atoms with Crippen LogP contribution in [0.2, 0.25) is 0 Å². The van der Waals surface area contributed by atoms with Crippen LogP contribution in [0, 0.1) is 11.2 Å². The van der Waals surface area contributed by atoms with Crippen LogP contribution in [-0.4, -0.2) is 22.9 Å². The second kappa shape index (κ2) is 6.14. The molecule has 1 aromatic rings. The maximum Gasteiger partial charge on any atom is 0.224 e. The molecule has 0 heterocycles. The van der Waals surface area contributed by atoms with Crippen LogP contribution in [0.3, 0.4) is 0 Å². The molecule has 1 saturated carbocycles. The van der Waals surface area contributed by atoms with E-state index < -0.39 is 0 Å². The zero-order valence-electron chi connectivity index (χ0n) is 13.1. The van der Waals surface area contributed by atoms with Crippen molar-refractivity contribution in [2.45, 2.75) is 58.7 Å². The molecule has 4 heteroatoms. The molecule has 116 valence electrons. The normalized spacial score (nSPS) is 16.6. The van der Waals surface area contributed by atoms with Gasteiger partial charge in [0.1, 0.15) is 5.82 Å². The van der Waals surface area contributed by atoms with E-state index in [1.54, 1.807) is 23.1 Å². The number of amides is 1. The van der Waals surface area contributed by atoms with E-state index in [2.05, 4.69) is 0 Å². The number of halogens is 1. The van der Waals surface area contributed by atoms with Crippen molar-refractivity contribution in [3.8, 4) is 0 Å². The summed E-state index contributed by atoms with van der Waals surface area (Å²) in [7, 11) is 0. The Labute approximate surface area is 126 Å². The van der Waals surface area contributed by atoms with Gasteiger partial charge in [-0.2, -0.15) is 0 Å². The first-order valence-corrected chi connectivity index (χ1v) is 7.57. The summed E-state index contributed by atoms with van der Waals surface area (Å²) in [6.07, 6.45) is 2.32. The second-order valence-electron chi connectivity index (χ2n) is 7.02. The molecule has 0 saturated heterocycles. The van der Waals surface area contributed by atoms with E-state index >= 15 is 0 Å². The molecule has 21 heavy (non-hydrogen) atoms. The molecule has 2 rings (SSSR count). The molecule has 1 atom stereocenters. The number of carbonyl (C=O) groups excluding carboxylic acids is 1. The number of nitrogens with two attached hydrogens (primary N) is 1. The monoisotopic (exact) mass is 292 g/mol. The van der Waals surface area contributed by atoms with Crippen LogP contribution in [0.15, 0.2) is 24.3 Å². The smallest absolute Gasteiger partial charge is 0.224 e. The predicted octanol–water partition coefficient (Wildman–Crippen LogP) is 3.08. The quantitative estimate of drug-likeness (QED) is 0.906. The number of hydrogen-bond acceptors (Lipinski definition) is 2. The summed E-state index contributed by atoms with van der Waals surface area (Å²) in [4.78, 5) is 14.3. The van der Waals surface area contributed by atoms with Gasteiger partial charge in [-0.05, 0) is 24.3 Å². The van der Waals surface area contributed by atoms with Gasteiger partial charge in [0.2, 0.25) is 5.91 Å². The SMILES string of the molecule is CC(C)(C)C(N)CC(=O)N(Cc1ccccc1F)C1CC1. The van der Waals surface area contributed by atoms with Crippen molar-refractivity contribution in [2.24, 2.45) is 11.1 Å². The average Bonchev–Trinajstić information content (AvgIpc) is 3.20. The summed E-state index contributed by atoms with van der Waals surface area (Å²) in [6, 6.07) is 6.70. The second-order valence-corrected chi connectivity index (χ2v) is 7.02. The highest BCUT2D eigenvalue weighted by atomic mass is 19.1. The third-order valence-corrected chi connectivity index (χ3v) is 4.11. The van der Waals surface area contributed by atoms with Gasteiger partial charge in [0.25, 0.3) is 0 Å². The van der Waals surface area contributed by atoms with Gasteiger partial charge < -0.3 is 10.6 Å². The largest absolute Gasteiger partial charge is 0.335 e. The summed E-state index contributed by atoms with van der Waals surface area (Å²) >= 11 is 0. The van der Waals surface area contributed by atoms with Crippen LogP contribution in [0.1, 0.15) is 45.6 Å². The molecule has 0 radical (unpaired) electrons. The van der Waals surface area contributed by atoms with E-state index in [4.69, 9.17) is 5.73 Å². The first-order chi connectivity index (χ1) is 9.79. The van der Waals surface area contributed by atoms with Crippen LogP contribution in [0.5, 0.6) is 0 Å². The summed E-state index contributed by atoms with van der Waals surface area (Å²) < 4.78 is 13.8. The van der Waals surface area contributed by atoms with Gasteiger partial charge in [0.05, 0.1) is 0 Å². The van der Waals surface area contributed by atoms with Crippen molar-refractivity contribution in [1.29, 1.82) is 0 Å². The number of carbonyl (C=O) groups is 1. The highest BCUT2D eigenvalue weighted by molar-refractivity contribution is 5.77. The van der Waals surface area contributed by atoms with E-state index in [0.29, 0.717) is 18.5 Å². The Kier molecular flexibility index (Phi) is 4.67. The van der Waals surface area contributed by atoms with Crippen molar-refractivity contribution >= 4 is 5.91 Å². The Morgan fingerprint density at radius 3 is 2.52 bits per heavy atom. The lowest BCUT2D eigenvalue weighted by atomic mass is 9.85. The van der Waals surface area contributed by atoms with Crippen LogP contribution in [-0.2, 0) is 11.3 Å². The molecule has 1 aromatic carbocycles. The van der Waals surface area contributed by atoms with Gasteiger partial charge >= 0.3 is 0 Å². The van der Waals surface area contributed by atoms with E-state index in [9.17, 15) is 9.18 Å². The molecule has 0 spiro atoms. The fraction of sp³-hybridized carbons (Fsp3) is 0.588. The third-order valence-electron chi connectivity index (χ3n) is 4.11. The molecule has 1 unspecified atom stereocenters. The minimum atomic E-state index is -0.254. The number of benzene rings is 1. The molecule has 1 fully saturated rings. The van der Waals surface area contributed by atoms with Crippen molar-refractivity contribution in [1.82, 2.24) is 4.90 Å². The van der Waals surface area contributed by atoms with Gasteiger partial charge in [-0.1, -0.05) is 39.0 Å². The third kappa shape index (κ3) is 4.27. The van der Waals surface area contributed by atoms with E-state index in [1.807, 2.05) is 20.8 Å². The van der Waals surface area contributed by atoms with Crippen molar-refractivity contribution in [2.75, 3.05) is 0 Å². The van der Waals surface area contributed by atoms with E-state index in [1.165, 1.54) is 6.07 Å². The molecule has 0 aliphatic heterocycles. The minimum Gasteiger partial charge on any atom is -0.335 e. The first-order valence-electron chi connectivity index (χ1n) is 7.57. The maximum absolute atomic E-state index is 13.8. The molecule has 3 nitrogen and oxygen atoms in total. The van der Waals surface area contributed by atoms with E-state index in [0.717, 1.165) is 12.8 Å². The zero-order valence-corrected chi connectivity index (χ0v) is 13.1. The van der Waals surface area contributed by atoms with Gasteiger partial charge in [-0.25, -0.2) is 4.39 Å². The predicted molar refractivity (Wildman–Crippen MR) is 82.0 cm³/mol. The highest BCUT2D eigenvalue weighted by Crippen LogP contribution is 2.30. The lowest BCUT2D eigenvalue weighted by Crippen LogP contribution is -2.42.